The summed E-state index contributed by atoms with van der Waals surface area (Å²) in [5, 5.41) is 0. The van der Waals surface area contributed by atoms with Crippen LogP contribution >= 0.6 is 0 Å². The standard InChI is InChI=1S/C13H13FN2/c1-8-4-3-5-11(9(8)2)13-12(14)6-10(15)7-16-13/h3-7H,15H2,1-2H3. The van der Waals surface area contributed by atoms with Crippen LogP contribution in [0.25, 0.3) is 11.3 Å². The van der Waals surface area contributed by atoms with E-state index in [2.05, 4.69) is 4.98 Å². The molecule has 0 amide bonds. The molecule has 2 aromatic rings. The van der Waals surface area contributed by atoms with Crippen molar-refractivity contribution in [3.8, 4) is 11.3 Å². The molecule has 1 aromatic carbocycles. The van der Waals surface area contributed by atoms with Crippen LogP contribution in [-0.2, 0) is 0 Å². The molecule has 0 saturated carbocycles. The van der Waals surface area contributed by atoms with Crippen LogP contribution in [0.4, 0.5) is 10.1 Å². The van der Waals surface area contributed by atoms with E-state index in [0.29, 0.717) is 11.4 Å². The van der Waals surface area contributed by atoms with Crippen LogP contribution in [-0.4, -0.2) is 4.98 Å². The molecule has 0 aliphatic heterocycles. The zero-order valence-electron chi connectivity index (χ0n) is 9.29. The maximum Gasteiger partial charge on any atom is 0.151 e. The number of nitrogens with zero attached hydrogens (tertiary/aromatic N) is 1. The van der Waals surface area contributed by atoms with Crippen LogP contribution in [0.2, 0.25) is 0 Å². The molecule has 0 aliphatic carbocycles. The zero-order valence-corrected chi connectivity index (χ0v) is 9.29. The summed E-state index contributed by atoms with van der Waals surface area (Å²) < 4.78 is 13.7. The summed E-state index contributed by atoms with van der Waals surface area (Å²) in [5.41, 5.74) is 9.15. The molecule has 2 rings (SSSR count). The summed E-state index contributed by atoms with van der Waals surface area (Å²) in [6, 6.07) is 7.05. The van der Waals surface area contributed by atoms with Gasteiger partial charge in [-0.05, 0) is 25.0 Å². The SMILES string of the molecule is Cc1cccc(-c2ncc(N)cc2F)c1C. The van der Waals surface area contributed by atoms with Gasteiger partial charge in [0.1, 0.15) is 5.69 Å². The number of halogens is 1. The predicted octanol–water partition coefficient (Wildman–Crippen LogP) is 3.09. The first-order valence-electron chi connectivity index (χ1n) is 5.07. The number of anilines is 1. The lowest BCUT2D eigenvalue weighted by Crippen LogP contribution is -1.96. The highest BCUT2D eigenvalue weighted by Gasteiger charge is 2.10. The molecule has 2 N–H and O–H groups in total. The van der Waals surface area contributed by atoms with Crippen molar-refractivity contribution in [2.75, 3.05) is 5.73 Å². The molecule has 0 saturated heterocycles. The van der Waals surface area contributed by atoms with Gasteiger partial charge in [0.15, 0.2) is 5.82 Å². The molecule has 3 heteroatoms. The van der Waals surface area contributed by atoms with Gasteiger partial charge in [0.05, 0.1) is 11.9 Å². The summed E-state index contributed by atoms with van der Waals surface area (Å²) in [6.45, 7) is 3.95. The predicted molar refractivity (Wildman–Crippen MR) is 63.5 cm³/mol. The van der Waals surface area contributed by atoms with Gasteiger partial charge in [-0.3, -0.25) is 4.98 Å². The molecule has 1 aromatic heterocycles. The normalized spacial score (nSPS) is 10.4. The Hall–Kier alpha value is -1.90. The van der Waals surface area contributed by atoms with Crippen molar-refractivity contribution in [2.45, 2.75) is 13.8 Å². The summed E-state index contributed by atoms with van der Waals surface area (Å²) in [6.07, 6.45) is 1.47. The molecule has 1 heterocycles. The van der Waals surface area contributed by atoms with Crippen LogP contribution in [0.3, 0.4) is 0 Å². The van der Waals surface area contributed by atoms with Gasteiger partial charge in [-0.1, -0.05) is 18.2 Å². The summed E-state index contributed by atoms with van der Waals surface area (Å²) in [7, 11) is 0. The summed E-state index contributed by atoms with van der Waals surface area (Å²) in [4.78, 5) is 4.05. The van der Waals surface area contributed by atoms with E-state index in [4.69, 9.17) is 5.73 Å². The lowest BCUT2D eigenvalue weighted by molar-refractivity contribution is 0.626. The highest BCUT2D eigenvalue weighted by Crippen LogP contribution is 2.26. The Balaban J connectivity index is 2.63. The number of hydrogen-bond donors (Lipinski definition) is 1. The second-order valence-electron chi connectivity index (χ2n) is 3.85. The molecule has 0 unspecified atom stereocenters. The third-order valence-electron chi connectivity index (χ3n) is 2.72. The monoisotopic (exact) mass is 216 g/mol. The van der Waals surface area contributed by atoms with E-state index in [1.54, 1.807) is 0 Å². The van der Waals surface area contributed by atoms with Crippen molar-refractivity contribution in [3.05, 3.63) is 47.4 Å². The van der Waals surface area contributed by atoms with Gasteiger partial charge in [-0.25, -0.2) is 4.39 Å². The number of aromatic nitrogens is 1. The van der Waals surface area contributed by atoms with E-state index in [1.165, 1.54) is 12.3 Å². The highest BCUT2D eigenvalue weighted by atomic mass is 19.1. The van der Waals surface area contributed by atoms with E-state index in [-0.39, 0.29) is 5.82 Å². The number of rotatable bonds is 1. The van der Waals surface area contributed by atoms with Crippen molar-refractivity contribution in [2.24, 2.45) is 0 Å². The first-order chi connectivity index (χ1) is 7.59. The second kappa shape index (κ2) is 3.93. The minimum Gasteiger partial charge on any atom is -0.397 e. The Morgan fingerprint density at radius 2 is 2.00 bits per heavy atom. The third-order valence-corrected chi connectivity index (χ3v) is 2.72. The van der Waals surface area contributed by atoms with E-state index in [1.807, 2.05) is 32.0 Å². The van der Waals surface area contributed by atoms with E-state index in [0.717, 1.165) is 16.7 Å². The van der Waals surface area contributed by atoms with Crippen LogP contribution < -0.4 is 5.73 Å². The van der Waals surface area contributed by atoms with Crippen molar-refractivity contribution >= 4 is 5.69 Å². The van der Waals surface area contributed by atoms with Gasteiger partial charge < -0.3 is 5.73 Å². The Bertz CT molecular complexity index is 535. The lowest BCUT2D eigenvalue weighted by Gasteiger charge is -2.08. The molecule has 2 nitrogen and oxygen atoms in total. The molecule has 82 valence electrons. The van der Waals surface area contributed by atoms with Crippen molar-refractivity contribution in [1.82, 2.24) is 4.98 Å². The molecule has 0 spiro atoms. The quantitative estimate of drug-likeness (QED) is 0.795. The molecular weight excluding hydrogens is 203 g/mol. The number of aryl methyl sites for hydroxylation is 1. The second-order valence-corrected chi connectivity index (χ2v) is 3.85. The third kappa shape index (κ3) is 1.76. The number of hydrogen-bond acceptors (Lipinski definition) is 2. The lowest BCUT2D eigenvalue weighted by atomic mass is 10.0. The Kier molecular flexibility index (Phi) is 2.60. The maximum absolute atomic E-state index is 13.7. The number of nitrogens with two attached hydrogens (primary N) is 1. The Morgan fingerprint density at radius 1 is 1.25 bits per heavy atom. The maximum atomic E-state index is 13.7. The van der Waals surface area contributed by atoms with E-state index in [9.17, 15) is 4.39 Å². The zero-order chi connectivity index (χ0) is 11.7. The largest absolute Gasteiger partial charge is 0.397 e. The van der Waals surface area contributed by atoms with Gasteiger partial charge in [0, 0.05) is 11.6 Å². The Labute approximate surface area is 93.9 Å². The fourth-order valence-corrected chi connectivity index (χ4v) is 1.66. The van der Waals surface area contributed by atoms with Crippen LogP contribution in [0.15, 0.2) is 30.5 Å². The van der Waals surface area contributed by atoms with Crippen LogP contribution in [0.1, 0.15) is 11.1 Å². The number of pyridine rings is 1. The first-order valence-corrected chi connectivity index (χ1v) is 5.07. The average molecular weight is 216 g/mol. The first kappa shape index (κ1) is 10.6. The van der Waals surface area contributed by atoms with Gasteiger partial charge >= 0.3 is 0 Å². The van der Waals surface area contributed by atoms with Crippen molar-refractivity contribution in [3.63, 3.8) is 0 Å². The average Bonchev–Trinajstić information content (AvgIpc) is 2.23. The van der Waals surface area contributed by atoms with Crippen LogP contribution in [0.5, 0.6) is 0 Å². The topological polar surface area (TPSA) is 38.9 Å². The van der Waals surface area contributed by atoms with Gasteiger partial charge in [0.2, 0.25) is 0 Å². The van der Waals surface area contributed by atoms with Gasteiger partial charge in [-0.15, -0.1) is 0 Å². The minimum atomic E-state index is -0.381. The smallest absolute Gasteiger partial charge is 0.151 e. The van der Waals surface area contributed by atoms with Crippen molar-refractivity contribution < 1.29 is 4.39 Å². The molecule has 0 radical (unpaired) electrons. The molecule has 0 fully saturated rings. The van der Waals surface area contributed by atoms with E-state index < -0.39 is 0 Å². The molecule has 0 bridgehead atoms. The fourth-order valence-electron chi connectivity index (χ4n) is 1.66. The van der Waals surface area contributed by atoms with Gasteiger partial charge in [-0.2, -0.15) is 0 Å². The van der Waals surface area contributed by atoms with Gasteiger partial charge in [0.25, 0.3) is 0 Å². The highest BCUT2D eigenvalue weighted by molar-refractivity contribution is 5.66. The molecular formula is C13H13FN2. The number of nitrogen functional groups attached to an aromatic ring is 1. The summed E-state index contributed by atoms with van der Waals surface area (Å²) >= 11 is 0. The number of benzene rings is 1. The molecule has 16 heavy (non-hydrogen) atoms. The Morgan fingerprint density at radius 3 is 2.69 bits per heavy atom. The molecule has 0 atom stereocenters. The van der Waals surface area contributed by atoms with Crippen LogP contribution in [0, 0.1) is 19.7 Å². The summed E-state index contributed by atoms with van der Waals surface area (Å²) in [5.74, 6) is -0.381. The minimum absolute atomic E-state index is 0.339. The van der Waals surface area contributed by atoms with Crippen molar-refractivity contribution in [1.29, 1.82) is 0 Å². The molecule has 0 aliphatic rings. The fraction of sp³-hybridized carbons (Fsp3) is 0.154. The van der Waals surface area contributed by atoms with E-state index >= 15 is 0 Å².